The van der Waals surface area contributed by atoms with Gasteiger partial charge in [0.2, 0.25) is 0 Å². The molecule has 1 aromatic heterocycles. The van der Waals surface area contributed by atoms with Crippen molar-refractivity contribution in [2.75, 3.05) is 5.75 Å². The lowest BCUT2D eigenvalue weighted by Crippen LogP contribution is -2.23. The van der Waals surface area contributed by atoms with E-state index in [-0.39, 0.29) is 21.6 Å². The van der Waals surface area contributed by atoms with E-state index in [4.69, 9.17) is 16.3 Å². The summed E-state index contributed by atoms with van der Waals surface area (Å²) >= 11 is 9.40. The molecule has 6 nitrogen and oxygen atoms in total. The standard InChI is InChI=1S/C27H31BrClFN2O4S/c1-27(2,3)36-25(33)9-7-5-4-6-8-14-37(34,35)24-16-19(11-13-21(24)29)26-31-17-23(32-26)18-10-12-20(28)22(30)15-18/h10-13,15-17H,4-9,14H2,1-3H3,(H,31,32). The normalized spacial score (nSPS) is 12.1. The predicted molar refractivity (Wildman–Crippen MR) is 148 cm³/mol. The molecule has 2 aromatic carbocycles. The minimum absolute atomic E-state index is 0.0240. The molecule has 3 rings (SSSR count). The Balaban J connectivity index is 1.57. The van der Waals surface area contributed by atoms with Gasteiger partial charge in [-0.05, 0) is 79.9 Å². The molecule has 1 heterocycles. The lowest BCUT2D eigenvalue weighted by molar-refractivity contribution is -0.154. The zero-order valence-electron chi connectivity index (χ0n) is 21.1. The highest BCUT2D eigenvalue weighted by atomic mass is 79.9. The Morgan fingerprint density at radius 2 is 1.73 bits per heavy atom. The molecule has 0 fully saturated rings. The molecule has 0 radical (unpaired) electrons. The number of H-pyrrole nitrogens is 1. The van der Waals surface area contributed by atoms with Crippen LogP contribution in [0, 0.1) is 5.82 Å². The smallest absolute Gasteiger partial charge is 0.306 e. The molecule has 3 aromatic rings. The molecule has 0 aliphatic carbocycles. The first-order valence-electron chi connectivity index (χ1n) is 12.1. The van der Waals surface area contributed by atoms with Gasteiger partial charge >= 0.3 is 5.97 Å². The maximum absolute atomic E-state index is 13.9. The van der Waals surface area contributed by atoms with Gasteiger partial charge in [0.1, 0.15) is 17.2 Å². The maximum Gasteiger partial charge on any atom is 0.306 e. The van der Waals surface area contributed by atoms with Crippen molar-refractivity contribution in [2.45, 2.75) is 69.8 Å². The van der Waals surface area contributed by atoms with E-state index < -0.39 is 21.3 Å². The number of halogens is 3. The number of hydrogen-bond donors (Lipinski definition) is 1. The van der Waals surface area contributed by atoms with Gasteiger partial charge in [-0.1, -0.05) is 36.9 Å². The zero-order valence-corrected chi connectivity index (χ0v) is 24.3. The highest BCUT2D eigenvalue weighted by molar-refractivity contribution is 9.10. The second-order valence-electron chi connectivity index (χ2n) is 9.84. The quantitative estimate of drug-likeness (QED) is 0.176. The van der Waals surface area contributed by atoms with Crippen molar-refractivity contribution in [3.63, 3.8) is 0 Å². The number of ether oxygens (including phenoxy) is 1. The van der Waals surface area contributed by atoms with E-state index in [9.17, 15) is 17.6 Å². The summed E-state index contributed by atoms with van der Waals surface area (Å²) in [4.78, 5) is 19.3. The third-order valence-corrected chi connectivity index (χ3v) is 8.48. The van der Waals surface area contributed by atoms with Crippen LogP contribution in [0.3, 0.4) is 0 Å². The largest absolute Gasteiger partial charge is 0.460 e. The first kappa shape index (κ1) is 29.3. The number of nitrogens with one attached hydrogen (secondary N) is 1. The van der Waals surface area contributed by atoms with Crippen molar-refractivity contribution in [1.29, 1.82) is 0 Å². The average molecular weight is 614 g/mol. The van der Waals surface area contributed by atoms with E-state index >= 15 is 0 Å². The Morgan fingerprint density at radius 3 is 2.43 bits per heavy atom. The molecule has 0 saturated heterocycles. The summed E-state index contributed by atoms with van der Waals surface area (Å²) in [5.74, 6) is -0.172. The number of sulfone groups is 1. The van der Waals surface area contributed by atoms with Crippen LogP contribution >= 0.6 is 27.5 Å². The second-order valence-corrected chi connectivity index (χ2v) is 13.2. The lowest BCUT2D eigenvalue weighted by Gasteiger charge is -2.19. The van der Waals surface area contributed by atoms with Crippen molar-refractivity contribution in [2.24, 2.45) is 0 Å². The summed E-state index contributed by atoms with van der Waals surface area (Å²) < 4.78 is 45.6. The first-order valence-corrected chi connectivity index (χ1v) is 14.9. The van der Waals surface area contributed by atoms with Crippen molar-refractivity contribution in [3.05, 3.63) is 57.9 Å². The van der Waals surface area contributed by atoms with Gasteiger partial charge < -0.3 is 9.72 Å². The molecule has 0 bridgehead atoms. The molecule has 0 unspecified atom stereocenters. The minimum Gasteiger partial charge on any atom is -0.460 e. The van der Waals surface area contributed by atoms with Crippen molar-refractivity contribution < 1.29 is 22.3 Å². The third kappa shape index (κ3) is 8.65. The van der Waals surface area contributed by atoms with Crippen LogP contribution in [0.5, 0.6) is 0 Å². The number of hydrogen-bond acceptors (Lipinski definition) is 5. The summed E-state index contributed by atoms with van der Waals surface area (Å²) in [6, 6.07) is 9.50. The number of unbranched alkanes of at least 4 members (excludes halogenated alkanes) is 4. The van der Waals surface area contributed by atoms with Crippen LogP contribution in [0.4, 0.5) is 4.39 Å². The van der Waals surface area contributed by atoms with Gasteiger partial charge in [0.05, 0.1) is 32.0 Å². The monoisotopic (exact) mass is 612 g/mol. The Bertz CT molecular complexity index is 1350. The van der Waals surface area contributed by atoms with Crippen LogP contribution in [-0.2, 0) is 19.4 Å². The fraction of sp³-hybridized carbons (Fsp3) is 0.407. The Hall–Kier alpha value is -2.23. The van der Waals surface area contributed by atoms with Crippen LogP contribution in [0.2, 0.25) is 5.02 Å². The molecule has 10 heteroatoms. The molecular formula is C27H31BrClFN2O4S. The van der Waals surface area contributed by atoms with E-state index in [1.165, 1.54) is 12.1 Å². The zero-order chi connectivity index (χ0) is 27.2. The number of nitrogens with zero attached hydrogens (tertiary/aromatic N) is 1. The summed E-state index contributed by atoms with van der Waals surface area (Å²) in [5, 5.41) is 0.155. The van der Waals surface area contributed by atoms with Gasteiger partial charge in [0.15, 0.2) is 9.84 Å². The van der Waals surface area contributed by atoms with Gasteiger partial charge in [-0.3, -0.25) is 4.79 Å². The molecule has 200 valence electrons. The molecule has 0 atom stereocenters. The number of aromatic nitrogens is 2. The number of carbonyl (C=O) groups excluding carboxylic acids is 1. The van der Waals surface area contributed by atoms with E-state index in [1.54, 1.807) is 30.5 Å². The topological polar surface area (TPSA) is 89.1 Å². The van der Waals surface area contributed by atoms with Crippen LogP contribution in [0.15, 0.2) is 52.0 Å². The van der Waals surface area contributed by atoms with Gasteiger partial charge in [-0.2, -0.15) is 0 Å². The number of aromatic amines is 1. The number of benzene rings is 2. The molecule has 0 amide bonds. The van der Waals surface area contributed by atoms with E-state index in [1.807, 2.05) is 20.8 Å². The molecular weight excluding hydrogens is 583 g/mol. The lowest BCUT2D eigenvalue weighted by atomic mass is 10.1. The molecule has 0 saturated carbocycles. The van der Waals surface area contributed by atoms with Gasteiger partial charge in [0, 0.05) is 17.5 Å². The van der Waals surface area contributed by atoms with E-state index in [0.717, 1.165) is 19.3 Å². The van der Waals surface area contributed by atoms with Gasteiger partial charge in [-0.15, -0.1) is 0 Å². The Labute approximate surface area is 231 Å². The average Bonchev–Trinajstić information content (AvgIpc) is 3.29. The van der Waals surface area contributed by atoms with Crippen molar-refractivity contribution >= 4 is 43.3 Å². The molecule has 0 spiro atoms. The molecule has 1 N–H and O–H groups in total. The van der Waals surface area contributed by atoms with Crippen LogP contribution < -0.4 is 0 Å². The highest BCUT2D eigenvalue weighted by Gasteiger charge is 2.20. The van der Waals surface area contributed by atoms with Gasteiger partial charge in [0.25, 0.3) is 0 Å². The summed E-state index contributed by atoms with van der Waals surface area (Å²) in [7, 11) is -3.61. The minimum atomic E-state index is -3.61. The first-order chi connectivity index (χ1) is 17.4. The molecule has 37 heavy (non-hydrogen) atoms. The highest BCUT2D eigenvalue weighted by Crippen LogP contribution is 2.30. The van der Waals surface area contributed by atoms with Crippen LogP contribution in [-0.4, -0.2) is 35.7 Å². The molecule has 0 aliphatic heterocycles. The number of rotatable bonds is 11. The fourth-order valence-corrected chi connectivity index (χ4v) is 5.95. The van der Waals surface area contributed by atoms with Gasteiger partial charge in [-0.25, -0.2) is 17.8 Å². The Kier molecular flexibility index (Phi) is 9.94. The number of carbonyl (C=O) groups is 1. The van der Waals surface area contributed by atoms with Crippen LogP contribution in [0.25, 0.3) is 22.6 Å². The molecule has 0 aliphatic rings. The number of esters is 1. The van der Waals surface area contributed by atoms with E-state index in [0.29, 0.717) is 46.4 Å². The summed E-state index contributed by atoms with van der Waals surface area (Å²) in [6.45, 7) is 5.52. The fourth-order valence-electron chi connectivity index (χ4n) is 3.76. The number of imidazole rings is 1. The SMILES string of the molecule is CC(C)(C)OC(=O)CCCCCCCS(=O)(=O)c1cc(-c2ncc(-c3ccc(Br)c(F)c3)[nH]2)ccc1Cl. The maximum atomic E-state index is 13.9. The van der Waals surface area contributed by atoms with E-state index in [2.05, 4.69) is 25.9 Å². The van der Waals surface area contributed by atoms with Crippen LogP contribution in [0.1, 0.15) is 59.3 Å². The van der Waals surface area contributed by atoms with Crippen molar-refractivity contribution in [1.82, 2.24) is 9.97 Å². The second kappa shape index (κ2) is 12.5. The third-order valence-electron chi connectivity index (χ3n) is 5.56. The van der Waals surface area contributed by atoms with Crippen molar-refractivity contribution in [3.8, 4) is 22.6 Å². The summed E-state index contributed by atoms with van der Waals surface area (Å²) in [6.07, 6.45) is 5.54. The summed E-state index contributed by atoms with van der Waals surface area (Å²) in [5.41, 5.74) is 1.30. The predicted octanol–water partition coefficient (Wildman–Crippen LogP) is 7.75. The Morgan fingerprint density at radius 1 is 1.05 bits per heavy atom.